The van der Waals surface area contributed by atoms with Crippen LogP contribution in [0.5, 0.6) is 0 Å². The summed E-state index contributed by atoms with van der Waals surface area (Å²) in [5.41, 5.74) is 4.21. The highest BCUT2D eigenvalue weighted by atomic mass is 16.4. The summed E-state index contributed by atoms with van der Waals surface area (Å²) in [6, 6.07) is 7.29. The van der Waals surface area contributed by atoms with Crippen LogP contribution in [0.25, 0.3) is 5.57 Å². The van der Waals surface area contributed by atoms with Gasteiger partial charge in [0.1, 0.15) is 5.82 Å². The molecule has 5 aliphatic carbocycles. The smallest absolute Gasteiger partial charge is 0.335 e. The van der Waals surface area contributed by atoms with Gasteiger partial charge in [0.15, 0.2) is 5.82 Å². The molecule has 0 saturated heterocycles. The van der Waals surface area contributed by atoms with Crippen molar-refractivity contribution >= 4 is 17.4 Å². The van der Waals surface area contributed by atoms with E-state index in [1.807, 2.05) is 26.0 Å². The van der Waals surface area contributed by atoms with Crippen molar-refractivity contribution in [3.8, 4) is 0 Å². The number of aryl methyl sites for hydroxylation is 1. The lowest BCUT2D eigenvalue weighted by atomic mass is 9.32. The van der Waals surface area contributed by atoms with Gasteiger partial charge in [-0.05, 0) is 153 Å². The number of rotatable bonds is 6. The number of carbonyl (C=O) groups excluding carboxylic acids is 1. The van der Waals surface area contributed by atoms with E-state index in [9.17, 15) is 14.7 Å². The molecule has 0 radical (unpaired) electrons. The minimum atomic E-state index is -0.879. The number of carboxylic acids is 1. The van der Waals surface area contributed by atoms with Gasteiger partial charge in [0.2, 0.25) is 5.91 Å². The van der Waals surface area contributed by atoms with Crippen LogP contribution in [0.3, 0.4) is 0 Å². The van der Waals surface area contributed by atoms with Crippen molar-refractivity contribution in [1.29, 1.82) is 0 Å². The third-order valence-corrected chi connectivity index (χ3v) is 15.9. The van der Waals surface area contributed by atoms with Gasteiger partial charge in [0.25, 0.3) is 0 Å². The first kappa shape index (κ1) is 34.2. The number of carbonyl (C=O) groups is 2. The highest BCUT2D eigenvalue weighted by Crippen LogP contribution is 2.77. The van der Waals surface area contributed by atoms with Gasteiger partial charge in [0.05, 0.1) is 17.0 Å². The Bertz CT molecular complexity index is 1710. The number of aromatic amines is 1. The Morgan fingerprint density at radius 1 is 0.959 bits per heavy atom. The van der Waals surface area contributed by atoms with Crippen molar-refractivity contribution in [3.05, 3.63) is 65.3 Å². The second-order valence-electron chi connectivity index (χ2n) is 18.2. The molecule has 7 rings (SSSR count). The Labute approximate surface area is 293 Å². The summed E-state index contributed by atoms with van der Waals surface area (Å²) in [7, 11) is 0. The van der Waals surface area contributed by atoms with Gasteiger partial charge < -0.3 is 10.4 Å². The third kappa shape index (κ3) is 4.79. The van der Waals surface area contributed by atoms with Gasteiger partial charge in [-0.3, -0.25) is 9.89 Å². The zero-order valence-corrected chi connectivity index (χ0v) is 31.1. The summed E-state index contributed by atoms with van der Waals surface area (Å²) >= 11 is 0. The average molecular weight is 667 g/mol. The van der Waals surface area contributed by atoms with Gasteiger partial charge in [-0.15, -0.1) is 0 Å². The molecule has 0 aliphatic heterocycles. The summed E-state index contributed by atoms with van der Waals surface area (Å²) < 4.78 is 0. The van der Waals surface area contributed by atoms with Crippen molar-refractivity contribution in [1.82, 2.24) is 20.5 Å². The molecule has 1 aromatic heterocycles. The van der Waals surface area contributed by atoms with Gasteiger partial charge in [0, 0.05) is 0 Å². The van der Waals surface area contributed by atoms with Crippen LogP contribution in [-0.2, 0) is 4.79 Å². The van der Waals surface area contributed by atoms with Crippen molar-refractivity contribution in [2.24, 2.45) is 56.7 Å². The summed E-state index contributed by atoms with van der Waals surface area (Å²) in [4.78, 5) is 30.6. The molecule has 3 N–H and O–H groups in total. The number of aromatic carboxylic acids is 1. The maximum absolute atomic E-state index is 14.6. The normalized spacial score (nSPS) is 39.8. The Kier molecular flexibility index (Phi) is 7.96. The fourth-order valence-electron chi connectivity index (χ4n) is 13.4. The van der Waals surface area contributed by atoms with E-state index in [1.54, 1.807) is 12.1 Å². The maximum Gasteiger partial charge on any atom is 0.335 e. The van der Waals surface area contributed by atoms with Crippen LogP contribution in [0.2, 0.25) is 0 Å². The number of amides is 1. The van der Waals surface area contributed by atoms with E-state index < -0.39 is 5.97 Å². The molecule has 7 nitrogen and oxygen atoms in total. The van der Waals surface area contributed by atoms with E-state index in [0.29, 0.717) is 41.0 Å². The number of benzene rings is 1. The lowest BCUT2D eigenvalue weighted by Gasteiger charge is -2.72. The molecule has 49 heavy (non-hydrogen) atoms. The van der Waals surface area contributed by atoms with E-state index in [-0.39, 0.29) is 39.0 Å². The molecule has 1 amide bonds. The molecule has 7 heteroatoms. The second-order valence-corrected chi connectivity index (χ2v) is 18.2. The van der Waals surface area contributed by atoms with Crippen molar-refractivity contribution in [2.45, 2.75) is 119 Å². The van der Waals surface area contributed by atoms with Crippen LogP contribution < -0.4 is 5.32 Å². The minimum Gasteiger partial charge on any atom is -0.478 e. The van der Waals surface area contributed by atoms with Crippen LogP contribution in [-0.4, -0.2) is 32.2 Å². The molecule has 1 aromatic carbocycles. The number of hydrogen-bond acceptors (Lipinski definition) is 4. The molecule has 10 unspecified atom stereocenters. The van der Waals surface area contributed by atoms with Crippen LogP contribution in [0.1, 0.15) is 140 Å². The highest BCUT2D eigenvalue weighted by molar-refractivity contribution is 5.88. The number of nitrogens with zero attached hydrogens (tertiary/aromatic N) is 2. The largest absolute Gasteiger partial charge is 0.478 e. The van der Waals surface area contributed by atoms with Gasteiger partial charge in [-0.2, -0.15) is 5.10 Å². The summed E-state index contributed by atoms with van der Waals surface area (Å²) in [6.45, 7) is 23.4. The molecule has 1 heterocycles. The van der Waals surface area contributed by atoms with E-state index in [4.69, 9.17) is 0 Å². The van der Waals surface area contributed by atoms with Crippen molar-refractivity contribution in [2.75, 3.05) is 0 Å². The van der Waals surface area contributed by atoms with Crippen molar-refractivity contribution < 1.29 is 14.7 Å². The number of H-pyrrole nitrogens is 1. The molecule has 0 bridgehead atoms. The van der Waals surface area contributed by atoms with Crippen LogP contribution in [0.4, 0.5) is 0 Å². The van der Waals surface area contributed by atoms with Crippen LogP contribution in [0, 0.1) is 63.6 Å². The highest BCUT2D eigenvalue weighted by Gasteiger charge is 2.71. The summed E-state index contributed by atoms with van der Waals surface area (Å²) in [6.07, 6.45) is 12.4. The molecular weight excluding hydrogens is 608 g/mol. The minimum absolute atomic E-state index is 0.0223. The fourth-order valence-corrected chi connectivity index (χ4v) is 13.4. The molecule has 4 saturated carbocycles. The molecule has 264 valence electrons. The summed E-state index contributed by atoms with van der Waals surface area (Å²) in [5.74, 6) is 3.03. The van der Waals surface area contributed by atoms with E-state index in [0.717, 1.165) is 43.5 Å². The zero-order valence-electron chi connectivity index (χ0n) is 31.1. The lowest BCUT2D eigenvalue weighted by Crippen LogP contribution is -2.66. The molecule has 0 spiro atoms. The maximum atomic E-state index is 14.6. The molecular formula is C42H58N4O3. The summed E-state index contributed by atoms with van der Waals surface area (Å²) in [5, 5.41) is 20.2. The van der Waals surface area contributed by atoms with Crippen LogP contribution >= 0.6 is 0 Å². The molecule has 2 aromatic rings. The number of hydrogen-bond donors (Lipinski definition) is 3. The SMILES string of the molecule is C=C(C)C1CCC2(C(=O)NC(C)c3n[nH]c(C)n3)CCC3(C)C(CCC4C5(C)CC=C(c6ccc(C(=O)O)cc6)C(C)(C)C5CCC43C)C12. The monoisotopic (exact) mass is 666 g/mol. The number of allylic oxidation sites excluding steroid dienone is 3. The lowest BCUT2D eigenvalue weighted by molar-refractivity contribution is -0.225. The first-order chi connectivity index (χ1) is 23.0. The fraction of sp³-hybridized carbons (Fsp3) is 0.667. The third-order valence-electron chi connectivity index (χ3n) is 15.9. The molecule has 10 atom stereocenters. The number of nitrogens with one attached hydrogen (secondary N) is 2. The van der Waals surface area contributed by atoms with E-state index >= 15 is 0 Å². The van der Waals surface area contributed by atoms with Crippen LogP contribution in [0.15, 0.2) is 42.5 Å². The predicted molar refractivity (Wildman–Crippen MR) is 193 cm³/mol. The number of carboxylic acid groups (broad SMARTS) is 1. The standard InChI is InChI=1S/C42H58N4O3/c1-24(2)29-16-21-42(37(49)43-25(3)35-44-26(4)45-46-35)23-22-40(8)31(34(29)42)14-15-33-39(7)19-17-30(27-10-12-28(13-11-27)36(47)48)38(5,6)32(39)18-20-41(33,40)9/h10-13,17,25,29,31-34H,1,14-16,18-23H2,2-9H3,(H,43,49)(H,47,48)(H,44,45,46). The first-order valence-electron chi connectivity index (χ1n) is 18.9. The Morgan fingerprint density at radius 2 is 1.67 bits per heavy atom. The van der Waals surface area contributed by atoms with E-state index in [2.05, 4.69) is 74.7 Å². The topological polar surface area (TPSA) is 108 Å². The zero-order chi connectivity index (χ0) is 35.3. The second kappa shape index (κ2) is 11.4. The Morgan fingerprint density at radius 3 is 2.31 bits per heavy atom. The molecule has 4 fully saturated rings. The quantitative estimate of drug-likeness (QED) is 0.266. The first-order valence-corrected chi connectivity index (χ1v) is 18.9. The Balaban J connectivity index is 1.21. The van der Waals surface area contributed by atoms with Crippen molar-refractivity contribution in [3.63, 3.8) is 0 Å². The van der Waals surface area contributed by atoms with E-state index in [1.165, 1.54) is 36.8 Å². The van der Waals surface area contributed by atoms with Gasteiger partial charge >= 0.3 is 5.97 Å². The number of fused-ring (bicyclic) bond motifs is 7. The number of aromatic nitrogens is 3. The predicted octanol–water partition coefficient (Wildman–Crippen LogP) is 9.34. The average Bonchev–Trinajstić information content (AvgIpc) is 3.66. The Hall–Kier alpha value is -3.22. The van der Waals surface area contributed by atoms with Gasteiger partial charge in [-0.25, -0.2) is 9.78 Å². The van der Waals surface area contributed by atoms with Gasteiger partial charge in [-0.1, -0.05) is 65.0 Å². The molecule has 5 aliphatic rings.